The van der Waals surface area contributed by atoms with Crippen LogP contribution in [0.3, 0.4) is 0 Å². The van der Waals surface area contributed by atoms with Crippen LogP contribution in [0.4, 0.5) is 0 Å². The van der Waals surface area contributed by atoms with Crippen LogP contribution in [-0.2, 0) is 0 Å². The summed E-state index contributed by atoms with van der Waals surface area (Å²) in [6.07, 6.45) is 0. The molecule has 0 saturated heterocycles. The molecule has 0 heterocycles. The van der Waals surface area contributed by atoms with Gasteiger partial charge in [-0.15, -0.1) is 0 Å². The molecule has 0 aliphatic heterocycles. The molecule has 0 saturated carbocycles. The van der Waals surface area contributed by atoms with E-state index in [-0.39, 0.29) is 0 Å². The summed E-state index contributed by atoms with van der Waals surface area (Å²) in [4.78, 5) is 0. The minimum atomic E-state index is 0.422. The third kappa shape index (κ3) is 3.06. The quantitative estimate of drug-likeness (QED) is 0.247. The van der Waals surface area contributed by atoms with Crippen LogP contribution in [0.25, 0.3) is 0 Å². The monoisotopic (exact) mass is 124 g/mol. The van der Waals surface area contributed by atoms with Gasteiger partial charge in [-0.2, -0.15) is 0 Å². The van der Waals surface area contributed by atoms with Crippen LogP contribution in [0.5, 0.6) is 0 Å². The van der Waals surface area contributed by atoms with Crippen molar-refractivity contribution in [3.63, 3.8) is 0 Å². The number of nitrogens with zero attached hydrogens (tertiary/aromatic N) is 1. The Balaban J connectivity index is 4.01. The average molecular weight is 124 g/mol. The van der Waals surface area contributed by atoms with Gasteiger partial charge in [-0.25, -0.2) is 0 Å². The summed E-state index contributed by atoms with van der Waals surface area (Å²) in [5, 5.41) is 3.61. The first kappa shape index (κ1) is 8.40. The molecule has 0 aromatic carbocycles. The summed E-state index contributed by atoms with van der Waals surface area (Å²) in [7, 11) is 0. The van der Waals surface area contributed by atoms with Crippen LogP contribution in [0.1, 0.15) is 13.8 Å². The predicted octanol–water partition coefficient (Wildman–Crippen LogP) is 0.512. The fourth-order valence-corrected chi connectivity index (χ4v) is 0.555. The number of hydrazone groups is 1. The maximum atomic E-state index is 5.10. The van der Waals surface area contributed by atoms with Gasteiger partial charge in [0.2, 0.25) is 0 Å². The van der Waals surface area contributed by atoms with Crippen molar-refractivity contribution in [2.75, 3.05) is 0 Å². The van der Waals surface area contributed by atoms with Crippen LogP contribution < -0.4 is 5.84 Å². The zero-order valence-electron chi connectivity index (χ0n) is 6.26. The van der Waals surface area contributed by atoms with Gasteiger partial charge in [0, 0.05) is 0 Å². The summed E-state index contributed by atoms with van der Waals surface area (Å²) in [6.45, 7) is 8.01. The molecule has 0 atom stereocenters. The molecule has 3 heteroatoms. The molecule has 2 N–H and O–H groups in total. The van der Waals surface area contributed by atoms with Gasteiger partial charge in [-0.05, 0) is 0 Å². The van der Waals surface area contributed by atoms with Gasteiger partial charge in [-0.3, -0.25) is 0 Å². The van der Waals surface area contributed by atoms with E-state index in [9.17, 15) is 0 Å². The Kier molecular flexibility index (Phi) is 4.02. The average Bonchev–Trinajstić information content (AvgIpc) is 1.82. The van der Waals surface area contributed by atoms with Gasteiger partial charge in [0.25, 0.3) is 0 Å². The molecule has 50 valence electrons. The van der Waals surface area contributed by atoms with Crippen LogP contribution in [0.15, 0.2) is 5.10 Å². The standard InChI is InChI=1S/C6H13BN2/c1-5(2)6(9-8)4-7-3/h4-5H,8H2,1-3H3/b9-6+. The molecule has 0 radical (unpaired) electrons. The molecule has 0 spiro atoms. The molecule has 9 heavy (non-hydrogen) atoms. The first-order valence-corrected chi connectivity index (χ1v) is 3.12. The third-order valence-corrected chi connectivity index (χ3v) is 1.08. The Morgan fingerprint density at radius 2 is 2.22 bits per heavy atom. The Bertz CT molecular complexity index is 127. The normalized spacial score (nSPS) is 12.7. The van der Waals surface area contributed by atoms with Crippen molar-refractivity contribution in [2.24, 2.45) is 16.9 Å². The van der Waals surface area contributed by atoms with Gasteiger partial charge in [0.1, 0.15) is 0 Å². The zero-order valence-corrected chi connectivity index (χ0v) is 6.26. The van der Waals surface area contributed by atoms with Crippen LogP contribution >= 0.6 is 0 Å². The van der Waals surface area contributed by atoms with Crippen molar-refractivity contribution in [3.8, 4) is 0 Å². The molecule has 0 aromatic heterocycles. The van der Waals surface area contributed by atoms with Gasteiger partial charge in [0.15, 0.2) is 0 Å². The molecule has 0 rings (SSSR count). The van der Waals surface area contributed by atoms with E-state index in [1.165, 1.54) is 0 Å². The number of hydrogen-bond acceptors (Lipinski definition) is 2. The first-order chi connectivity index (χ1) is 4.22. The Hall–Kier alpha value is -0.595. The molecule has 0 unspecified atom stereocenters. The fourth-order valence-electron chi connectivity index (χ4n) is 0.555. The Morgan fingerprint density at radius 3 is 2.33 bits per heavy atom. The van der Waals surface area contributed by atoms with Gasteiger partial charge >= 0.3 is 56.1 Å². The Labute approximate surface area is 57.0 Å². The van der Waals surface area contributed by atoms with Crippen molar-refractivity contribution in [3.05, 3.63) is 0 Å². The summed E-state index contributed by atoms with van der Waals surface area (Å²) in [5.74, 6) is 7.44. The van der Waals surface area contributed by atoms with Crippen molar-refractivity contribution < 1.29 is 0 Å². The van der Waals surface area contributed by atoms with E-state index in [2.05, 4.69) is 18.9 Å². The van der Waals surface area contributed by atoms with Gasteiger partial charge < -0.3 is 0 Å². The fraction of sp³-hybridized carbons (Fsp3) is 0.667. The molecular formula is C6H13BN2. The van der Waals surface area contributed by atoms with Crippen LogP contribution in [-0.4, -0.2) is 18.6 Å². The molecule has 0 aliphatic rings. The van der Waals surface area contributed by atoms with Crippen molar-refractivity contribution >= 4 is 18.6 Å². The molecule has 0 fully saturated rings. The SMILES string of the molecule is CB=C/C(=N\N)C(C)C. The zero-order chi connectivity index (χ0) is 7.28. The molecule has 2 nitrogen and oxygen atoms in total. The second kappa shape index (κ2) is 4.30. The second-order valence-corrected chi connectivity index (χ2v) is 2.21. The second-order valence-electron chi connectivity index (χ2n) is 2.21. The topological polar surface area (TPSA) is 38.4 Å². The number of rotatable bonds is 2. The van der Waals surface area contributed by atoms with Gasteiger partial charge in [0.05, 0.1) is 0 Å². The number of hydrogen-bond donors (Lipinski definition) is 1. The maximum absolute atomic E-state index is 5.10. The summed E-state index contributed by atoms with van der Waals surface area (Å²) < 4.78 is 0. The molecule has 0 aromatic rings. The molecule has 0 bridgehead atoms. The summed E-state index contributed by atoms with van der Waals surface area (Å²) >= 11 is 0. The van der Waals surface area contributed by atoms with E-state index in [4.69, 9.17) is 5.84 Å². The molecular weight excluding hydrogens is 111 g/mol. The van der Waals surface area contributed by atoms with E-state index < -0.39 is 0 Å². The summed E-state index contributed by atoms with van der Waals surface area (Å²) in [5.41, 5.74) is 0.942. The Morgan fingerprint density at radius 1 is 1.67 bits per heavy atom. The minimum absolute atomic E-state index is 0.422. The van der Waals surface area contributed by atoms with E-state index >= 15 is 0 Å². The van der Waals surface area contributed by atoms with Crippen molar-refractivity contribution in [2.45, 2.75) is 20.7 Å². The number of nitrogens with two attached hydrogens (primary N) is 1. The van der Waals surface area contributed by atoms with Crippen LogP contribution in [0.2, 0.25) is 6.82 Å². The summed E-state index contributed by atoms with van der Waals surface area (Å²) in [6, 6.07) is 0. The van der Waals surface area contributed by atoms with E-state index in [0.717, 1.165) is 5.71 Å². The van der Waals surface area contributed by atoms with E-state index in [1.54, 1.807) is 0 Å². The van der Waals surface area contributed by atoms with Crippen molar-refractivity contribution in [1.82, 2.24) is 0 Å². The van der Waals surface area contributed by atoms with Crippen molar-refractivity contribution in [1.29, 1.82) is 0 Å². The van der Waals surface area contributed by atoms with E-state index in [0.29, 0.717) is 5.92 Å². The van der Waals surface area contributed by atoms with Crippen LogP contribution in [0, 0.1) is 5.92 Å². The molecule has 0 aliphatic carbocycles. The first-order valence-electron chi connectivity index (χ1n) is 3.12. The predicted molar refractivity (Wildman–Crippen MR) is 44.1 cm³/mol. The third-order valence-electron chi connectivity index (χ3n) is 1.08. The van der Waals surface area contributed by atoms with Gasteiger partial charge in [-0.1, -0.05) is 0 Å². The van der Waals surface area contributed by atoms with E-state index in [1.807, 2.05) is 19.7 Å². The molecule has 0 amide bonds.